The number of ether oxygens (including phenoxy) is 8. The van der Waals surface area contributed by atoms with E-state index in [2.05, 4.69) is 0 Å². The zero-order chi connectivity index (χ0) is 36.8. The molecule has 6 rings (SSSR count). The van der Waals surface area contributed by atoms with Gasteiger partial charge in [0.15, 0.2) is 36.0 Å². The van der Waals surface area contributed by atoms with E-state index in [0.717, 1.165) is 6.07 Å². The van der Waals surface area contributed by atoms with Crippen molar-refractivity contribution in [1.82, 2.24) is 0 Å². The molecular formula is C32H40O19. The lowest BCUT2D eigenvalue weighted by molar-refractivity contribution is -0.319. The summed E-state index contributed by atoms with van der Waals surface area (Å²) in [6.07, 6.45) is -16.0. The van der Waals surface area contributed by atoms with E-state index >= 15 is 0 Å². The number of hydrogen-bond acceptors (Lipinski definition) is 19. The Bertz CT molecular complexity index is 1570. The van der Waals surface area contributed by atoms with Crippen LogP contribution in [0.4, 0.5) is 0 Å². The first-order chi connectivity index (χ1) is 24.2. The molecule has 0 aromatic heterocycles. The van der Waals surface area contributed by atoms with Crippen molar-refractivity contribution in [3.05, 3.63) is 41.5 Å². The van der Waals surface area contributed by atoms with Gasteiger partial charge in [-0.15, -0.1) is 0 Å². The van der Waals surface area contributed by atoms with E-state index in [0.29, 0.717) is 5.56 Å². The molecule has 0 amide bonds. The molecule has 4 aliphatic heterocycles. The van der Waals surface area contributed by atoms with Crippen LogP contribution in [-0.4, -0.2) is 164 Å². The third-order valence-electron chi connectivity index (χ3n) is 9.30. The molecule has 51 heavy (non-hydrogen) atoms. The van der Waals surface area contributed by atoms with Gasteiger partial charge in [-0.1, -0.05) is 6.07 Å². The lowest BCUT2D eigenvalue weighted by atomic mass is 9.95. The molecule has 2 aromatic carbocycles. The van der Waals surface area contributed by atoms with Crippen molar-refractivity contribution in [3.63, 3.8) is 0 Å². The molecule has 3 fully saturated rings. The first-order valence-corrected chi connectivity index (χ1v) is 15.9. The lowest BCUT2D eigenvalue weighted by Crippen LogP contribution is -2.62. The number of aliphatic hydroxyl groups is 8. The predicted octanol–water partition coefficient (Wildman–Crippen LogP) is -3.08. The maximum Gasteiger partial charge on any atom is 0.229 e. The van der Waals surface area contributed by atoms with E-state index in [-0.39, 0.29) is 35.0 Å². The number of fused-ring (bicyclic) bond motifs is 1. The normalized spacial score (nSPS) is 37.9. The summed E-state index contributed by atoms with van der Waals surface area (Å²) in [5, 5.41) is 104. The molecule has 282 valence electrons. The predicted molar refractivity (Wildman–Crippen MR) is 163 cm³/mol. The summed E-state index contributed by atoms with van der Waals surface area (Å²) < 4.78 is 44.5. The van der Waals surface area contributed by atoms with Crippen molar-refractivity contribution in [2.45, 2.75) is 79.2 Å². The van der Waals surface area contributed by atoms with Crippen molar-refractivity contribution in [3.8, 4) is 28.7 Å². The highest BCUT2D eigenvalue weighted by atomic mass is 16.8. The van der Waals surface area contributed by atoms with Crippen molar-refractivity contribution >= 4 is 5.78 Å². The van der Waals surface area contributed by atoms with Gasteiger partial charge in [0.2, 0.25) is 6.29 Å². The largest absolute Gasteiger partial charge is 0.507 e. The molecule has 0 bridgehead atoms. The van der Waals surface area contributed by atoms with Crippen LogP contribution in [0.15, 0.2) is 30.3 Å². The van der Waals surface area contributed by atoms with E-state index in [9.17, 15) is 55.9 Å². The minimum atomic E-state index is -2.18. The van der Waals surface area contributed by atoms with Crippen LogP contribution in [0.3, 0.4) is 0 Å². The zero-order valence-corrected chi connectivity index (χ0v) is 27.0. The van der Waals surface area contributed by atoms with Gasteiger partial charge in [-0.3, -0.25) is 4.79 Å². The number of hydrogen-bond donors (Lipinski definition) is 10. The quantitative estimate of drug-likeness (QED) is 0.110. The molecule has 19 nitrogen and oxygen atoms in total. The van der Waals surface area contributed by atoms with Gasteiger partial charge >= 0.3 is 0 Å². The first kappa shape index (κ1) is 37.4. The Morgan fingerprint density at radius 3 is 2.27 bits per heavy atom. The van der Waals surface area contributed by atoms with Gasteiger partial charge in [-0.25, -0.2) is 0 Å². The van der Waals surface area contributed by atoms with Gasteiger partial charge in [0.25, 0.3) is 0 Å². The second-order valence-electron chi connectivity index (χ2n) is 12.8. The average molecular weight is 729 g/mol. The molecule has 0 aliphatic carbocycles. The van der Waals surface area contributed by atoms with Crippen molar-refractivity contribution in [1.29, 1.82) is 0 Å². The van der Waals surface area contributed by atoms with E-state index in [1.54, 1.807) is 0 Å². The number of aromatic hydroxyl groups is 2. The third kappa shape index (κ3) is 7.05. The van der Waals surface area contributed by atoms with E-state index in [4.69, 9.17) is 37.9 Å². The SMILES string of the molecule is COc1cc(C2CC(=O)c3c(O)cc(O[C@@H]4O[C@H](CO)[C@@H](O)[C@@H](O)[C@H]4O[C@@H]4OCC(O)(CO[C@@H]5OC[C@](O)(CO)[C@H]5O)[C@H]4O)cc3O2)ccc1O. The van der Waals surface area contributed by atoms with E-state index in [1.165, 1.54) is 31.4 Å². The Kier molecular flexibility index (Phi) is 10.7. The fraction of sp³-hybridized carbons (Fsp3) is 0.594. The van der Waals surface area contributed by atoms with Crippen molar-refractivity contribution in [2.75, 3.05) is 40.1 Å². The molecule has 2 unspecified atom stereocenters. The minimum absolute atomic E-state index is 0.0840. The Balaban J connectivity index is 1.18. The first-order valence-electron chi connectivity index (χ1n) is 15.9. The zero-order valence-electron chi connectivity index (χ0n) is 27.0. The second-order valence-corrected chi connectivity index (χ2v) is 12.8. The molecule has 4 aliphatic rings. The highest BCUT2D eigenvalue weighted by Gasteiger charge is 2.55. The Morgan fingerprint density at radius 2 is 1.59 bits per heavy atom. The number of Topliss-reactive ketones (excluding diaryl/α,β-unsaturated/α-hetero) is 1. The van der Waals surface area contributed by atoms with Crippen LogP contribution in [0.2, 0.25) is 0 Å². The van der Waals surface area contributed by atoms with Crippen LogP contribution < -0.4 is 14.2 Å². The number of methoxy groups -OCH3 is 1. The third-order valence-corrected chi connectivity index (χ3v) is 9.30. The molecule has 10 N–H and O–H groups in total. The van der Waals surface area contributed by atoms with Gasteiger partial charge in [0.05, 0.1) is 46.6 Å². The molecule has 0 radical (unpaired) electrons. The summed E-state index contributed by atoms with van der Waals surface area (Å²) in [7, 11) is 1.36. The number of aliphatic hydroxyl groups excluding tert-OH is 6. The molecule has 3 saturated heterocycles. The number of phenolic OH excluding ortho intramolecular Hbond substituents is 2. The highest BCUT2D eigenvalue weighted by Crippen LogP contribution is 2.44. The van der Waals surface area contributed by atoms with Crippen LogP contribution in [0, 0.1) is 0 Å². The van der Waals surface area contributed by atoms with Gasteiger partial charge in [0, 0.05) is 12.1 Å². The Hall–Kier alpha value is -3.41. The summed E-state index contributed by atoms with van der Waals surface area (Å²) in [6, 6.07) is 6.74. The van der Waals surface area contributed by atoms with Gasteiger partial charge in [-0.05, 0) is 17.7 Å². The number of carbonyl (C=O) groups excluding carboxylic acids is 1. The van der Waals surface area contributed by atoms with Crippen LogP contribution in [0.1, 0.15) is 28.4 Å². The molecule has 0 spiro atoms. The van der Waals surface area contributed by atoms with Gasteiger partial charge in [-0.2, -0.15) is 0 Å². The maximum absolute atomic E-state index is 13.1. The molecule has 19 heteroatoms. The summed E-state index contributed by atoms with van der Waals surface area (Å²) in [4.78, 5) is 13.1. The van der Waals surface area contributed by atoms with Gasteiger partial charge < -0.3 is 89.0 Å². The number of benzene rings is 2. The smallest absolute Gasteiger partial charge is 0.229 e. The van der Waals surface area contributed by atoms with E-state index in [1.807, 2.05) is 0 Å². The summed E-state index contributed by atoms with van der Waals surface area (Å²) in [5.41, 5.74) is -3.82. The van der Waals surface area contributed by atoms with Gasteiger partial charge in [0.1, 0.15) is 70.6 Å². The number of carbonyl (C=O) groups is 1. The fourth-order valence-corrected chi connectivity index (χ4v) is 6.21. The maximum atomic E-state index is 13.1. The molecular weight excluding hydrogens is 688 g/mol. The molecule has 12 atom stereocenters. The van der Waals surface area contributed by atoms with Crippen LogP contribution >= 0.6 is 0 Å². The summed E-state index contributed by atoms with van der Waals surface area (Å²) >= 11 is 0. The van der Waals surface area contributed by atoms with Crippen LogP contribution in [0.5, 0.6) is 28.7 Å². The van der Waals surface area contributed by atoms with Crippen molar-refractivity contribution in [2.24, 2.45) is 0 Å². The highest BCUT2D eigenvalue weighted by molar-refractivity contribution is 6.02. The molecule has 0 saturated carbocycles. The lowest BCUT2D eigenvalue weighted by Gasteiger charge is -2.42. The molecule has 2 aromatic rings. The summed E-state index contributed by atoms with van der Waals surface area (Å²) in [5.74, 6) is -1.21. The Morgan fingerprint density at radius 1 is 0.882 bits per heavy atom. The monoisotopic (exact) mass is 728 g/mol. The number of ketones is 1. The van der Waals surface area contributed by atoms with Crippen LogP contribution in [0.25, 0.3) is 0 Å². The fourth-order valence-electron chi connectivity index (χ4n) is 6.21. The standard InChI is InChI=1S/C32H40O19/c1-44-19-4-13(2-3-15(19)35)18-7-17(37)22-16(36)5-14(6-20(22)49-18)48-28-25(24(39)23(38)21(8-33)50-28)51-30-27(41)32(43,12-47-30)11-46-29-26(40)31(42,9-34)10-45-29/h2-6,18,21,23-30,33-36,38-43H,7-12H2,1H3/t18?,21-,23-,24-,25-,26+,27+,28-,29+,30+,31-,32?/m1/s1. The minimum Gasteiger partial charge on any atom is -0.507 e. The summed E-state index contributed by atoms with van der Waals surface area (Å²) in [6.45, 7) is -3.36. The van der Waals surface area contributed by atoms with E-state index < -0.39 is 117 Å². The van der Waals surface area contributed by atoms with Crippen molar-refractivity contribution < 1.29 is 93.8 Å². The number of phenols is 2. The Labute approximate surface area is 289 Å². The average Bonchev–Trinajstić information content (AvgIpc) is 3.56. The van der Waals surface area contributed by atoms with Crippen LogP contribution in [-0.2, 0) is 23.7 Å². The second kappa shape index (κ2) is 14.5. The number of rotatable bonds is 11. The topological polar surface area (TPSA) is 293 Å². The molecule has 4 heterocycles.